The number of nitriles is 1. The zero-order valence-corrected chi connectivity index (χ0v) is 15.7. The van der Waals surface area contributed by atoms with Gasteiger partial charge in [0.2, 0.25) is 5.78 Å². The quantitative estimate of drug-likeness (QED) is 0.810. The SMILES string of the molecule is Cn1[nH]cc(C(=O)c2ccc(C#N)c(N=S3(=O)CCCCC3)c2Cl)c1=O. The molecule has 0 atom stereocenters. The molecule has 1 aliphatic rings. The molecular formula is C17H17ClN4O3S. The molecule has 136 valence electrons. The van der Waals surface area contributed by atoms with E-state index in [1.165, 1.54) is 30.1 Å². The van der Waals surface area contributed by atoms with E-state index in [1.54, 1.807) is 0 Å². The fourth-order valence-electron chi connectivity index (χ4n) is 2.88. The van der Waals surface area contributed by atoms with Gasteiger partial charge in [-0.05, 0) is 25.0 Å². The van der Waals surface area contributed by atoms with Gasteiger partial charge in [-0.2, -0.15) is 9.62 Å². The topological polar surface area (TPSA) is 108 Å². The van der Waals surface area contributed by atoms with Crippen molar-refractivity contribution in [3.05, 3.63) is 50.4 Å². The molecule has 3 rings (SSSR count). The van der Waals surface area contributed by atoms with Gasteiger partial charge in [0.25, 0.3) is 5.56 Å². The number of halogens is 1. The molecule has 2 heterocycles. The minimum atomic E-state index is -2.50. The van der Waals surface area contributed by atoms with Crippen LogP contribution in [0.1, 0.15) is 40.7 Å². The number of H-pyrrole nitrogens is 1. The van der Waals surface area contributed by atoms with Crippen molar-refractivity contribution in [1.29, 1.82) is 5.26 Å². The van der Waals surface area contributed by atoms with E-state index in [2.05, 4.69) is 9.46 Å². The summed E-state index contributed by atoms with van der Waals surface area (Å²) in [5.41, 5.74) is -0.264. The van der Waals surface area contributed by atoms with E-state index in [4.69, 9.17) is 11.6 Å². The summed E-state index contributed by atoms with van der Waals surface area (Å²) in [6.07, 6.45) is 3.91. The van der Waals surface area contributed by atoms with Gasteiger partial charge in [-0.3, -0.25) is 14.3 Å². The molecule has 1 aromatic heterocycles. The summed E-state index contributed by atoms with van der Waals surface area (Å²) in [5.74, 6) is 0.325. The fourth-order valence-corrected chi connectivity index (χ4v) is 5.44. The Kier molecular flexibility index (Phi) is 5.03. The molecule has 0 spiro atoms. The van der Waals surface area contributed by atoms with Crippen LogP contribution in [0.15, 0.2) is 27.5 Å². The molecule has 0 bridgehead atoms. The third-order valence-corrected chi connectivity index (χ3v) is 7.10. The molecule has 9 heteroatoms. The van der Waals surface area contributed by atoms with Gasteiger partial charge in [-0.15, -0.1) is 0 Å². The van der Waals surface area contributed by atoms with Crippen molar-refractivity contribution in [2.45, 2.75) is 19.3 Å². The van der Waals surface area contributed by atoms with Crippen molar-refractivity contribution >= 4 is 32.8 Å². The van der Waals surface area contributed by atoms with E-state index in [1.807, 2.05) is 6.07 Å². The Bertz CT molecular complexity index is 1090. The molecule has 0 amide bonds. The predicted molar refractivity (Wildman–Crippen MR) is 99.4 cm³/mol. The number of hydrogen-bond acceptors (Lipinski definition) is 5. The van der Waals surface area contributed by atoms with Crippen LogP contribution in [0.5, 0.6) is 0 Å². The van der Waals surface area contributed by atoms with Crippen LogP contribution < -0.4 is 5.56 Å². The summed E-state index contributed by atoms with van der Waals surface area (Å²) in [6, 6.07) is 4.79. The summed E-state index contributed by atoms with van der Waals surface area (Å²) in [5, 5.41) is 11.9. The Morgan fingerprint density at radius 3 is 2.58 bits per heavy atom. The first-order valence-electron chi connectivity index (χ1n) is 8.10. The van der Waals surface area contributed by atoms with Crippen molar-refractivity contribution in [3.8, 4) is 6.07 Å². The molecule has 1 fully saturated rings. The second-order valence-electron chi connectivity index (χ2n) is 6.15. The highest BCUT2D eigenvalue weighted by molar-refractivity contribution is 7.93. The Morgan fingerprint density at radius 2 is 2.00 bits per heavy atom. The lowest BCUT2D eigenvalue weighted by Gasteiger charge is -2.16. The zero-order valence-electron chi connectivity index (χ0n) is 14.1. The first-order valence-corrected chi connectivity index (χ1v) is 10.3. The van der Waals surface area contributed by atoms with E-state index in [0.717, 1.165) is 19.3 Å². The number of aromatic amines is 1. The summed E-state index contributed by atoms with van der Waals surface area (Å²) in [4.78, 5) is 24.7. The number of aryl methyl sites for hydroxylation is 1. The standard InChI is InChI=1S/C17H17ClN4O3S/c1-22-17(24)13(10-20-22)16(23)12-6-5-11(9-19)15(14(12)18)21-26(25)7-3-2-4-8-26/h5-6,10,20H,2-4,7-8H2,1H3. The molecule has 0 unspecified atom stereocenters. The maximum absolute atomic E-state index is 12.9. The van der Waals surface area contributed by atoms with Gasteiger partial charge in [-0.1, -0.05) is 18.0 Å². The maximum atomic E-state index is 12.9. The summed E-state index contributed by atoms with van der Waals surface area (Å²) < 4.78 is 18.4. The highest BCUT2D eigenvalue weighted by Crippen LogP contribution is 2.35. The van der Waals surface area contributed by atoms with Crippen LogP contribution in [-0.4, -0.2) is 31.3 Å². The maximum Gasteiger partial charge on any atom is 0.277 e. The average Bonchev–Trinajstić information content (AvgIpc) is 2.96. The van der Waals surface area contributed by atoms with E-state index in [-0.39, 0.29) is 27.4 Å². The van der Waals surface area contributed by atoms with Crippen LogP contribution in [0.4, 0.5) is 5.69 Å². The highest BCUT2D eigenvalue weighted by Gasteiger charge is 2.23. The van der Waals surface area contributed by atoms with Gasteiger partial charge < -0.3 is 5.10 Å². The van der Waals surface area contributed by atoms with Gasteiger partial charge >= 0.3 is 0 Å². The Morgan fingerprint density at radius 1 is 1.31 bits per heavy atom. The van der Waals surface area contributed by atoms with Gasteiger partial charge in [-0.25, -0.2) is 4.21 Å². The van der Waals surface area contributed by atoms with Crippen molar-refractivity contribution in [2.75, 3.05) is 11.5 Å². The summed E-state index contributed by atoms with van der Waals surface area (Å²) in [7, 11) is -1.01. The molecule has 1 aromatic carbocycles. The van der Waals surface area contributed by atoms with Gasteiger partial charge in [0.05, 0.1) is 20.3 Å². The first-order chi connectivity index (χ1) is 12.4. The molecule has 0 aliphatic carbocycles. The van der Waals surface area contributed by atoms with Crippen molar-refractivity contribution < 1.29 is 9.00 Å². The van der Waals surface area contributed by atoms with Gasteiger partial charge in [0.1, 0.15) is 17.3 Å². The van der Waals surface area contributed by atoms with E-state index < -0.39 is 21.1 Å². The smallest absolute Gasteiger partial charge is 0.277 e. The molecule has 1 N–H and O–H groups in total. The normalized spacial score (nSPS) is 16.0. The molecule has 1 saturated heterocycles. The molecule has 0 saturated carbocycles. The lowest BCUT2D eigenvalue weighted by Crippen LogP contribution is -2.19. The van der Waals surface area contributed by atoms with Crippen LogP contribution in [0.2, 0.25) is 5.02 Å². The van der Waals surface area contributed by atoms with Crippen LogP contribution in [0, 0.1) is 11.3 Å². The number of carbonyl (C=O) groups is 1. The van der Waals surface area contributed by atoms with Gasteiger partial charge in [0, 0.05) is 30.3 Å². The number of carbonyl (C=O) groups excluding carboxylic acids is 1. The van der Waals surface area contributed by atoms with E-state index in [9.17, 15) is 19.1 Å². The van der Waals surface area contributed by atoms with Crippen LogP contribution >= 0.6 is 11.6 Å². The van der Waals surface area contributed by atoms with Crippen molar-refractivity contribution in [2.24, 2.45) is 11.4 Å². The second kappa shape index (κ2) is 7.09. The Hall–Kier alpha value is -2.37. The Labute approximate surface area is 155 Å². The largest absolute Gasteiger partial charge is 0.302 e. The number of hydrogen-bond donors (Lipinski definition) is 1. The van der Waals surface area contributed by atoms with E-state index in [0.29, 0.717) is 11.5 Å². The monoisotopic (exact) mass is 392 g/mol. The second-order valence-corrected chi connectivity index (χ2v) is 9.07. The number of benzene rings is 1. The summed E-state index contributed by atoms with van der Waals surface area (Å²) in [6.45, 7) is 0. The summed E-state index contributed by atoms with van der Waals surface area (Å²) >= 11 is 6.37. The van der Waals surface area contributed by atoms with Crippen LogP contribution in [-0.2, 0) is 16.8 Å². The fraction of sp³-hybridized carbons (Fsp3) is 0.353. The molecule has 0 radical (unpaired) electrons. The zero-order chi connectivity index (χ0) is 18.9. The minimum Gasteiger partial charge on any atom is -0.302 e. The molecule has 26 heavy (non-hydrogen) atoms. The molecule has 2 aromatic rings. The highest BCUT2D eigenvalue weighted by atomic mass is 35.5. The van der Waals surface area contributed by atoms with E-state index >= 15 is 0 Å². The lowest BCUT2D eigenvalue weighted by atomic mass is 10.0. The number of nitrogens with one attached hydrogen (secondary N) is 1. The van der Waals surface area contributed by atoms with Crippen LogP contribution in [0.25, 0.3) is 0 Å². The van der Waals surface area contributed by atoms with Crippen molar-refractivity contribution in [3.63, 3.8) is 0 Å². The lowest BCUT2D eigenvalue weighted by molar-refractivity contribution is 0.103. The number of nitrogens with zero attached hydrogens (tertiary/aromatic N) is 3. The third kappa shape index (κ3) is 3.32. The average molecular weight is 393 g/mol. The predicted octanol–water partition coefficient (Wildman–Crippen LogP) is 2.75. The number of ketones is 1. The molecule has 1 aliphatic heterocycles. The minimum absolute atomic E-state index is 0.0504. The van der Waals surface area contributed by atoms with Crippen LogP contribution in [0.3, 0.4) is 0 Å². The van der Waals surface area contributed by atoms with Crippen molar-refractivity contribution in [1.82, 2.24) is 9.78 Å². The molecular weight excluding hydrogens is 376 g/mol. The third-order valence-electron chi connectivity index (χ3n) is 4.35. The first kappa shape index (κ1) is 18.4. The van der Waals surface area contributed by atoms with Gasteiger partial charge in [0.15, 0.2) is 0 Å². The molecule has 7 nitrogen and oxygen atoms in total. The number of aromatic nitrogens is 2. The Balaban J connectivity index is 2.16. The number of rotatable bonds is 3.